The van der Waals surface area contributed by atoms with Crippen molar-refractivity contribution in [3.63, 3.8) is 0 Å². The van der Waals surface area contributed by atoms with Crippen LogP contribution in [0.5, 0.6) is 0 Å². The van der Waals surface area contributed by atoms with E-state index in [-0.39, 0.29) is 0 Å². The molecule has 17 heavy (non-hydrogen) atoms. The van der Waals surface area contributed by atoms with Gasteiger partial charge in [-0.25, -0.2) is 0 Å². The number of nitrogens with one attached hydrogen (secondary N) is 2. The maximum absolute atomic E-state index is 3.54. The molecule has 94 valence electrons. The quantitative estimate of drug-likeness (QED) is 0.830. The van der Waals surface area contributed by atoms with E-state index in [9.17, 15) is 0 Å². The monoisotopic (exact) mass is 233 g/mol. The molecule has 1 atom stereocenters. The molecular formula is C14H23N3. The van der Waals surface area contributed by atoms with Crippen LogP contribution >= 0.6 is 0 Å². The first-order valence-corrected chi connectivity index (χ1v) is 6.64. The minimum atomic E-state index is 0.467. The fourth-order valence-corrected chi connectivity index (χ4v) is 2.40. The van der Waals surface area contributed by atoms with Gasteiger partial charge in [0, 0.05) is 44.5 Å². The standard InChI is InChI=1S/C14H23N3/c1-3-17(4-2)13-7-5-12(6-8-13)14-11-15-9-10-16-14/h5-8,14-16H,3-4,9-11H2,1-2H3/t14-/m0/s1. The fourth-order valence-electron chi connectivity index (χ4n) is 2.40. The van der Waals surface area contributed by atoms with Crippen LogP contribution in [0.15, 0.2) is 24.3 Å². The molecule has 0 amide bonds. The van der Waals surface area contributed by atoms with Gasteiger partial charge < -0.3 is 15.5 Å². The summed E-state index contributed by atoms with van der Waals surface area (Å²) >= 11 is 0. The maximum Gasteiger partial charge on any atom is 0.0447 e. The largest absolute Gasteiger partial charge is 0.372 e. The number of nitrogens with zero attached hydrogens (tertiary/aromatic N) is 1. The van der Waals surface area contributed by atoms with E-state index in [1.165, 1.54) is 11.3 Å². The molecule has 3 nitrogen and oxygen atoms in total. The van der Waals surface area contributed by atoms with Gasteiger partial charge in [0.15, 0.2) is 0 Å². The molecule has 1 fully saturated rings. The Balaban J connectivity index is 2.06. The number of hydrogen-bond acceptors (Lipinski definition) is 3. The van der Waals surface area contributed by atoms with E-state index in [0.717, 1.165) is 32.7 Å². The highest BCUT2D eigenvalue weighted by atomic mass is 15.1. The minimum absolute atomic E-state index is 0.467. The normalized spacial score (nSPS) is 20.2. The number of hydrogen-bond donors (Lipinski definition) is 2. The summed E-state index contributed by atoms with van der Waals surface area (Å²) in [5.74, 6) is 0. The van der Waals surface area contributed by atoms with E-state index in [0.29, 0.717) is 6.04 Å². The van der Waals surface area contributed by atoms with Crippen LogP contribution in [-0.2, 0) is 0 Å². The lowest BCUT2D eigenvalue weighted by atomic mass is 10.0. The molecule has 0 saturated carbocycles. The van der Waals surface area contributed by atoms with E-state index in [4.69, 9.17) is 0 Å². The van der Waals surface area contributed by atoms with Gasteiger partial charge in [0.05, 0.1) is 0 Å². The first-order valence-electron chi connectivity index (χ1n) is 6.64. The molecule has 0 aliphatic carbocycles. The number of piperazine rings is 1. The first kappa shape index (κ1) is 12.4. The molecule has 0 spiro atoms. The van der Waals surface area contributed by atoms with Crippen molar-refractivity contribution in [2.24, 2.45) is 0 Å². The highest BCUT2D eigenvalue weighted by molar-refractivity contribution is 5.47. The average Bonchev–Trinajstić information content (AvgIpc) is 2.42. The molecule has 2 N–H and O–H groups in total. The van der Waals surface area contributed by atoms with Gasteiger partial charge in [0.25, 0.3) is 0 Å². The lowest BCUT2D eigenvalue weighted by molar-refractivity contribution is 0.430. The van der Waals surface area contributed by atoms with Gasteiger partial charge in [-0.2, -0.15) is 0 Å². The minimum Gasteiger partial charge on any atom is -0.372 e. The topological polar surface area (TPSA) is 27.3 Å². The van der Waals surface area contributed by atoms with Gasteiger partial charge in [-0.3, -0.25) is 0 Å². The molecule has 1 aromatic rings. The van der Waals surface area contributed by atoms with Crippen molar-refractivity contribution in [3.05, 3.63) is 29.8 Å². The molecule has 1 aliphatic heterocycles. The Morgan fingerprint density at radius 3 is 2.35 bits per heavy atom. The predicted octanol–water partition coefficient (Wildman–Crippen LogP) is 1.77. The SMILES string of the molecule is CCN(CC)c1ccc([C@@H]2CNCCN2)cc1. The highest BCUT2D eigenvalue weighted by Gasteiger charge is 2.14. The van der Waals surface area contributed by atoms with Crippen molar-refractivity contribution in [1.29, 1.82) is 0 Å². The molecule has 0 unspecified atom stereocenters. The van der Waals surface area contributed by atoms with Gasteiger partial charge in [-0.1, -0.05) is 12.1 Å². The molecule has 3 heteroatoms. The van der Waals surface area contributed by atoms with Gasteiger partial charge in [-0.05, 0) is 31.5 Å². The maximum atomic E-state index is 3.54. The van der Waals surface area contributed by atoms with E-state index < -0.39 is 0 Å². The predicted molar refractivity (Wildman–Crippen MR) is 73.6 cm³/mol. The van der Waals surface area contributed by atoms with Crippen molar-refractivity contribution in [2.75, 3.05) is 37.6 Å². The Bertz CT molecular complexity index is 324. The zero-order valence-electron chi connectivity index (χ0n) is 10.9. The molecular weight excluding hydrogens is 210 g/mol. The van der Waals surface area contributed by atoms with Crippen LogP contribution in [0, 0.1) is 0 Å². The number of rotatable bonds is 4. The smallest absolute Gasteiger partial charge is 0.0447 e. The average molecular weight is 233 g/mol. The zero-order valence-corrected chi connectivity index (χ0v) is 10.9. The van der Waals surface area contributed by atoms with Gasteiger partial charge in [-0.15, -0.1) is 0 Å². The molecule has 0 radical (unpaired) electrons. The van der Waals surface area contributed by atoms with Gasteiger partial charge in [0.1, 0.15) is 0 Å². The van der Waals surface area contributed by atoms with Crippen molar-refractivity contribution in [2.45, 2.75) is 19.9 Å². The second-order valence-electron chi connectivity index (χ2n) is 4.47. The lowest BCUT2D eigenvalue weighted by Gasteiger charge is -2.26. The van der Waals surface area contributed by atoms with Crippen LogP contribution in [0.2, 0.25) is 0 Å². The molecule has 1 aliphatic rings. The van der Waals surface area contributed by atoms with E-state index >= 15 is 0 Å². The Morgan fingerprint density at radius 1 is 1.12 bits per heavy atom. The van der Waals surface area contributed by atoms with Crippen LogP contribution in [0.1, 0.15) is 25.5 Å². The van der Waals surface area contributed by atoms with Crippen LogP contribution in [0.4, 0.5) is 5.69 Å². The summed E-state index contributed by atoms with van der Waals surface area (Å²) < 4.78 is 0. The van der Waals surface area contributed by atoms with E-state index in [1.54, 1.807) is 0 Å². The van der Waals surface area contributed by atoms with Crippen molar-refractivity contribution in [3.8, 4) is 0 Å². The third kappa shape index (κ3) is 2.99. The molecule has 2 rings (SSSR count). The summed E-state index contributed by atoms with van der Waals surface area (Å²) in [5, 5.41) is 6.96. The Morgan fingerprint density at radius 2 is 1.82 bits per heavy atom. The Kier molecular flexibility index (Phi) is 4.40. The van der Waals surface area contributed by atoms with Crippen molar-refractivity contribution >= 4 is 5.69 Å². The Hall–Kier alpha value is -1.06. The van der Waals surface area contributed by atoms with Crippen molar-refractivity contribution in [1.82, 2.24) is 10.6 Å². The molecule has 1 saturated heterocycles. The van der Waals surface area contributed by atoms with Crippen molar-refractivity contribution < 1.29 is 0 Å². The third-order valence-electron chi connectivity index (χ3n) is 3.47. The number of benzene rings is 1. The van der Waals surface area contributed by atoms with Crippen LogP contribution in [0.3, 0.4) is 0 Å². The summed E-state index contributed by atoms with van der Waals surface area (Å²) in [6.45, 7) is 9.70. The summed E-state index contributed by atoms with van der Waals surface area (Å²) in [6.07, 6.45) is 0. The third-order valence-corrected chi connectivity index (χ3v) is 3.47. The van der Waals surface area contributed by atoms with E-state index in [1.807, 2.05) is 0 Å². The van der Waals surface area contributed by atoms with Gasteiger partial charge in [0.2, 0.25) is 0 Å². The summed E-state index contributed by atoms with van der Waals surface area (Å²) in [4.78, 5) is 2.37. The summed E-state index contributed by atoms with van der Waals surface area (Å²) in [7, 11) is 0. The molecule has 0 bridgehead atoms. The summed E-state index contributed by atoms with van der Waals surface area (Å²) in [5.41, 5.74) is 2.70. The van der Waals surface area contributed by atoms with Crippen LogP contribution in [0.25, 0.3) is 0 Å². The number of anilines is 1. The second-order valence-corrected chi connectivity index (χ2v) is 4.47. The van der Waals surface area contributed by atoms with Gasteiger partial charge >= 0.3 is 0 Å². The Labute approximate surface area is 104 Å². The molecule has 0 aromatic heterocycles. The van der Waals surface area contributed by atoms with Crippen LogP contribution in [-0.4, -0.2) is 32.7 Å². The molecule has 1 heterocycles. The lowest BCUT2D eigenvalue weighted by Crippen LogP contribution is -2.42. The highest BCUT2D eigenvalue weighted by Crippen LogP contribution is 2.19. The summed E-state index contributed by atoms with van der Waals surface area (Å²) in [6, 6.07) is 9.43. The zero-order chi connectivity index (χ0) is 12.1. The first-order chi connectivity index (χ1) is 8.35. The van der Waals surface area contributed by atoms with E-state index in [2.05, 4.69) is 53.6 Å². The van der Waals surface area contributed by atoms with Crippen LogP contribution < -0.4 is 15.5 Å². The molecule has 1 aromatic carbocycles. The fraction of sp³-hybridized carbons (Fsp3) is 0.571. The second kappa shape index (κ2) is 6.03.